The molecule has 0 amide bonds. The molecular weight excluding hydrogens is 488 g/mol. The van der Waals surface area contributed by atoms with E-state index in [0.717, 1.165) is 0 Å². The maximum atomic E-state index is 12.7. The highest BCUT2D eigenvalue weighted by molar-refractivity contribution is 6.74. The topological polar surface area (TPSA) is 112 Å². The van der Waals surface area contributed by atoms with Gasteiger partial charge in [0.15, 0.2) is 22.9 Å². The zero-order valence-electron chi connectivity index (χ0n) is 24.4. The molecule has 1 fully saturated rings. The Labute approximate surface area is 219 Å². The largest absolute Gasteiger partial charge is 0.414 e. The fraction of sp³-hybridized carbons (Fsp3) is 0.808. The molecule has 2 N–H and O–H groups in total. The molecule has 1 aromatic rings. The molecule has 8 nitrogen and oxygen atoms in total. The number of ether oxygens (including phenoxy) is 1. The minimum Gasteiger partial charge on any atom is -0.414 e. The molecular formula is C26H48N4O4Si2. The zero-order chi connectivity index (χ0) is 27.9. The third-order valence-corrected chi connectivity index (χ3v) is 18.8. The molecule has 0 bridgehead atoms. The van der Waals surface area contributed by atoms with Gasteiger partial charge in [0.25, 0.3) is 0 Å². The number of nitriles is 1. The maximum Gasteiger partial charge on any atom is 0.351 e. The van der Waals surface area contributed by atoms with Gasteiger partial charge in [-0.2, -0.15) is 10.2 Å². The SMILES string of the molecule is CC(C)C(C)(C)[Si](C)(C)OC[C@H]1O[C@@H](n2ccc(N)nc2=O)[C@H](C#N)[C@@H]1O[Si](C)(C)C(C)(C)C(C)C. The van der Waals surface area contributed by atoms with Gasteiger partial charge in [-0.3, -0.25) is 4.57 Å². The molecule has 0 aromatic carbocycles. The Kier molecular flexibility index (Phi) is 9.12. The lowest BCUT2D eigenvalue weighted by atomic mass is 9.99. The summed E-state index contributed by atoms with van der Waals surface area (Å²) in [5, 5.41) is 10.3. The van der Waals surface area contributed by atoms with Crippen LogP contribution in [0.1, 0.15) is 61.6 Å². The van der Waals surface area contributed by atoms with Gasteiger partial charge in [0.1, 0.15) is 17.8 Å². The van der Waals surface area contributed by atoms with Gasteiger partial charge in [0.05, 0.1) is 18.8 Å². The van der Waals surface area contributed by atoms with E-state index >= 15 is 0 Å². The minimum atomic E-state index is -2.34. The zero-order valence-corrected chi connectivity index (χ0v) is 26.4. The monoisotopic (exact) mass is 536 g/mol. The van der Waals surface area contributed by atoms with Crippen LogP contribution in [0.25, 0.3) is 0 Å². The van der Waals surface area contributed by atoms with E-state index in [9.17, 15) is 10.1 Å². The Morgan fingerprint density at radius 3 is 2.11 bits per heavy atom. The molecule has 0 saturated carbocycles. The Balaban J connectivity index is 2.48. The highest BCUT2D eigenvalue weighted by Gasteiger charge is 2.54. The van der Waals surface area contributed by atoms with Crippen molar-refractivity contribution in [3.63, 3.8) is 0 Å². The third kappa shape index (κ3) is 5.80. The number of hydrogen-bond acceptors (Lipinski definition) is 7. The first-order chi connectivity index (χ1) is 16.3. The molecule has 1 saturated heterocycles. The fourth-order valence-electron chi connectivity index (χ4n) is 4.37. The van der Waals surface area contributed by atoms with E-state index in [4.69, 9.17) is 19.3 Å². The van der Waals surface area contributed by atoms with Gasteiger partial charge in [-0.05, 0) is 54.2 Å². The highest BCUT2D eigenvalue weighted by Crippen LogP contribution is 2.49. The summed E-state index contributed by atoms with van der Waals surface area (Å²) in [6.07, 6.45) is -0.310. The van der Waals surface area contributed by atoms with Crippen LogP contribution in [-0.2, 0) is 13.6 Å². The van der Waals surface area contributed by atoms with Crippen LogP contribution in [0, 0.1) is 29.1 Å². The molecule has 0 aliphatic carbocycles. The van der Waals surface area contributed by atoms with Crippen molar-refractivity contribution in [1.82, 2.24) is 9.55 Å². The summed E-state index contributed by atoms with van der Waals surface area (Å²) < 4.78 is 21.4. The first-order valence-corrected chi connectivity index (χ1v) is 18.8. The summed E-state index contributed by atoms with van der Waals surface area (Å²) in [5.74, 6) is 0.285. The van der Waals surface area contributed by atoms with Crippen LogP contribution in [0.4, 0.5) is 5.82 Å². The first kappa shape index (κ1) is 30.7. The van der Waals surface area contributed by atoms with E-state index in [0.29, 0.717) is 18.4 Å². The molecule has 204 valence electrons. The van der Waals surface area contributed by atoms with E-state index in [1.807, 2.05) is 0 Å². The molecule has 10 heteroatoms. The van der Waals surface area contributed by atoms with E-state index in [1.54, 1.807) is 12.3 Å². The Morgan fingerprint density at radius 1 is 1.11 bits per heavy atom. The first-order valence-electron chi connectivity index (χ1n) is 13.0. The van der Waals surface area contributed by atoms with Crippen LogP contribution in [0.15, 0.2) is 17.1 Å². The van der Waals surface area contributed by atoms with Gasteiger partial charge in [-0.15, -0.1) is 0 Å². The third-order valence-electron chi connectivity index (χ3n) is 9.65. The molecule has 36 heavy (non-hydrogen) atoms. The van der Waals surface area contributed by atoms with E-state index in [-0.39, 0.29) is 15.9 Å². The van der Waals surface area contributed by atoms with Crippen LogP contribution < -0.4 is 11.4 Å². The summed E-state index contributed by atoms with van der Waals surface area (Å²) in [6.45, 7) is 27.0. The number of aromatic nitrogens is 2. The van der Waals surface area contributed by atoms with Gasteiger partial charge in [-0.25, -0.2) is 4.79 Å². The van der Waals surface area contributed by atoms with Gasteiger partial charge in [0, 0.05) is 6.20 Å². The second-order valence-electron chi connectivity index (χ2n) is 12.9. The molecule has 0 spiro atoms. The van der Waals surface area contributed by atoms with E-state index in [1.165, 1.54) is 4.57 Å². The number of nitrogen functional groups attached to an aromatic ring is 1. The lowest BCUT2D eigenvalue weighted by molar-refractivity contribution is -0.0431. The summed E-state index contributed by atoms with van der Waals surface area (Å²) in [4.78, 5) is 16.5. The maximum absolute atomic E-state index is 12.7. The Hall–Kier alpha value is -1.52. The van der Waals surface area contributed by atoms with Gasteiger partial charge < -0.3 is 19.3 Å². The number of anilines is 1. The molecule has 1 aliphatic rings. The van der Waals surface area contributed by atoms with E-state index < -0.39 is 46.7 Å². The predicted octanol–water partition coefficient (Wildman–Crippen LogP) is 5.55. The molecule has 2 rings (SSSR count). The molecule has 0 unspecified atom stereocenters. The summed E-state index contributed by atoms with van der Waals surface area (Å²) in [5.41, 5.74) is 5.16. The van der Waals surface area contributed by atoms with Crippen molar-refractivity contribution in [2.24, 2.45) is 17.8 Å². The Bertz CT molecular complexity index is 1010. The number of nitrogens with two attached hydrogens (primary N) is 1. The van der Waals surface area contributed by atoms with Crippen molar-refractivity contribution in [3.05, 3.63) is 22.7 Å². The normalized spacial score (nSPS) is 23.9. The quantitative estimate of drug-likeness (QED) is 0.390. The van der Waals surface area contributed by atoms with Crippen LogP contribution in [-0.4, -0.2) is 45.0 Å². The van der Waals surface area contributed by atoms with Crippen LogP contribution >= 0.6 is 0 Å². The highest BCUT2D eigenvalue weighted by atomic mass is 28.4. The average Bonchev–Trinajstić information content (AvgIpc) is 3.08. The summed E-state index contributed by atoms with van der Waals surface area (Å²) >= 11 is 0. The number of nitrogens with zero attached hydrogens (tertiary/aromatic N) is 3. The summed E-state index contributed by atoms with van der Waals surface area (Å²) in [6, 6.07) is 3.93. The van der Waals surface area contributed by atoms with Gasteiger partial charge in [-0.1, -0.05) is 55.4 Å². The smallest absolute Gasteiger partial charge is 0.351 e. The average molecular weight is 537 g/mol. The van der Waals surface area contributed by atoms with Crippen LogP contribution in [0.2, 0.25) is 36.3 Å². The fourth-order valence-corrected chi connectivity index (χ4v) is 9.39. The predicted molar refractivity (Wildman–Crippen MR) is 149 cm³/mol. The van der Waals surface area contributed by atoms with Gasteiger partial charge >= 0.3 is 5.69 Å². The minimum absolute atomic E-state index is 0.0292. The second-order valence-corrected chi connectivity index (χ2v) is 22.1. The Morgan fingerprint density at radius 2 is 1.64 bits per heavy atom. The van der Waals surface area contributed by atoms with E-state index in [2.05, 4.69) is 92.6 Å². The summed E-state index contributed by atoms with van der Waals surface area (Å²) in [7, 11) is -4.50. The molecule has 4 atom stereocenters. The standard InChI is InChI=1S/C26H48N4O4Si2/c1-17(2)25(5,6)35(9,10)32-16-20-22(34-36(11,12)26(7,8)18(3)4)19(15-27)23(33-20)30-14-13-21(28)29-24(30)31/h13-14,17-20,22-23H,16H2,1-12H3,(H2,28,29,31)/t19-,20-,22+,23-/m1/s1. The second kappa shape index (κ2) is 10.7. The van der Waals surface area contributed by atoms with Gasteiger partial charge in [0.2, 0.25) is 0 Å². The molecule has 1 aromatic heterocycles. The van der Waals surface area contributed by atoms with Crippen molar-refractivity contribution in [2.75, 3.05) is 12.3 Å². The van der Waals surface area contributed by atoms with Crippen LogP contribution in [0.5, 0.6) is 0 Å². The molecule has 0 radical (unpaired) electrons. The van der Waals surface area contributed by atoms with Crippen molar-refractivity contribution in [2.45, 2.75) is 110 Å². The van der Waals surface area contributed by atoms with Crippen molar-refractivity contribution in [1.29, 1.82) is 5.26 Å². The number of hydrogen-bond donors (Lipinski definition) is 1. The number of rotatable bonds is 10. The molecule has 1 aliphatic heterocycles. The van der Waals surface area contributed by atoms with Crippen molar-refractivity contribution in [3.8, 4) is 6.07 Å². The lowest BCUT2D eigenvalue weighted by Gasteiger charge is -2.45. The van der Waals surface area contributed by atoms with Crippen molar-refractivity contribution < 1.29 is 13.6 Å². The van der Waals surface area contributed by atoms with Crippen LogP contribution in [0.3, 0.4) is 0 Å². The lowest BCUT2D eigenvalue weighted by Crippen LogP contribution is -2.52. The molecule has 2 heterocycles. The van der Waals surface area contributed by atoms with Crippen molar-refractivity contribution >= 4 is 22.5 Å².